The van der Waals surface area contributed by atoms with Gasteiger partial charge in [-0.25, -0.2) is 0 Å². The van der Waals surface area contributed by atoms with Gasteiger partial charge in [0.15, 0.2) is 0 Å². The fourth-order valence-electron chi connectivity index (χ4n) is 2.68. The molecule has 4 heteroatoms. The average Bonchev–Trinajstić information content (AvgIpc) is 2.52. The molecule has 116 valence electrons. The van der Waals surface area contributed by atoms with Gasteiger partial charge in [-0.1, -0.05) is 74.5 Å². The van der Waals surface area contributed by atoms with Crippen molar-refractivity contribution in [3.05, 3.63) is 71.8 Å². The summed E-state index contributed by atoms with van der Waals surface area (Å²) in [7, 11) is -2.22. The monoisotopic (exact) mass is 317 g/mol. The topological polar surface area (TPSA) is 53.9 Å². The van der Waals surface area contributed by atoms with E-state index in [1.165, 1.54) is 0 Å². The van der Waals surface area contributed by atoms with Crippen molar-refractivity contribution in [2.75, 3.05) is 0 Å². The maximum atomic E-state index is 11.7. The zero-order chi connectivity index (χ0) is 15.9. The van der Waals surface area contributed by atoms with Crippen LogP contribution in [0.1, 0.15) is 37.4 Å². The Kier molecular flexibility index (Phi) is 6.26. The molecule has 0 amide bonds. The van der Waals surface area contributed by atoms with Crippen LogP contribution in [0.15, 0.2) is 60.7 Å². The van der Waals surface area contributed by atoms with Crippen molar-refractivity contribution in [1.82, 2.24) is 0 Å². The van der Waals surface area contributed by atoms with E-state index in [0.29, 0.717) is 5.92 Å². The molecular weight excluding hydrogens is 293 g/mol. The van der Waals surface area contributed by atoms with Crippen LogP contribution in [-0.2, 0) is 4.57 Å². The highest BCUT2D eigenvalue weighted by Gasteiger charge is 2.36. The number of nitrogens with two attached hydrogens (primary N) is 1. The Labute approximate surface area is 133 Å². The zero-order valence-electron chi connectivity index (χ0n) is 13.1. The zero-order valence-corrected chi connectivity index (χ0v) is 14.0. The lowest BCUT2D eigenvalue weighted by Crippen LogP contribution is -2.90. The summed E-state index contributed by atoms with van der Waals surface area (Å²) in [5, 5.41) is 2.05. The third kappa shape index (κ3) is 4.74. The summed E-state index contributed by atoms with van der Waals surface area (Å²) in [4.78, 5) is 9.68. The van der Waals surface area contributed by atoms with Crippen LogP contribution in [-0.4, -0.2) is 10.7 Å². The summed E-state index contributed by atoms with van der Waals surface area (Å²) in [5.41, 5.74) is 2.30. The largest absolute Gasteiger partial charge is 0.569 e. The summed E-state index contributed by atoms with van der Waals surface area (Å²) in [6.45, 7) is 4.17. The molecular formula is C18H24NO2P+2. The molecule has 2 rings (SSSR count). The lowest BCUT2D eigenvalue weighted by Gasteiger charge is -2.18. The predicted molar refractivity (Wildman–Crippen MR) is 89.7 cm³/mol. The van der Waals surface area contributed by atoms with E-state index >= 15 is 0 Å². The minimum atomic E-state index is -2.22. The van der Waals surface area contributed by atoms with Gasteiger partial charge in [-0.3, -0.25) is 5.32 Å². The first-order valence-corrected chi connectivity index (χ1v) is 8.96. The molecule has 0 saturated carbocycles. The van der Waals surface area contributed by atoms with Crippen molar-refractivity contribution >= 4 is 8.03 Å². The highest BCUT2D eigenvalue weighted by Crippen LogP contribution is 2.26. The summed E-state index contributed by atoms with van der Waals surface area (Å²) in [6.07, 6.45) is 0.724. The van der Waals surface area contributed by atoms with Gasteiger partial charge in [-0.15, -0.1) is 0 Å². The SMILES string of the molecule is CC(C)C[C@H]([NH2+]C(c1ccccc1)c1ccccc1)[P+](=O)O. The van der Waals surface area contributed by atoms with Crippen molar-refractivity contribution in [2.45, 2.75) is 32.1 Å². The lowest BCUT2D eigenvalue weighted by atomic mass is 9.98. The quantitative estimate of drug-likeness (QED) is 0.769. The van der Waals surface area contributed by atoms with Crippen LogP contribution in [0.5, 0.6) is 0 Å². The van der Waals surface area contributed by atoms with Gasteiger partial charge in [-0.05, 0) is 10.5 Å². The normalized spacial score (nSPS) is 13.4. The van der Waals surface area contributed by atoms with Gasteiger partial charge < -0.3 is 0 Å². The number of rotatable bonds is 7. The molecule has 2 aromatic carbocycles. The van der Waals surface area contributed by atoms with Gasteiger partial charge in [0.25, 0.3) is 0 Å². The Morgan fingerprint density at radius 3 is 1.77 bits per heavy atom. The summed E-state index contributed by atoms with van der Waals surface area (Å²) < 4.78 is 11.7. The van der Waals surface area contributed by atoms with E-state index in [-0.39, 0.29) is 11.8 Å². The summed E-state index contributed by atoms with van der Waals surface area (Å²) in [5.74, 6) is 0.0972. The minimum Gasteiger partial charge on any atom is -0.291 e. The maximum Gasteiger partial charge on any atom is 0.569 e. The molecule has 3 nitrogen and oxygen atoms in total. The van der Waals surface area contributed by atoms with Crippen molar-refractivity contribution in [3.63, 3.8) is 0 Å². The molecule has 0 aliphatic carbocycles. The van der Waals surface area contributed by atoms with Gasteiger partial charge >= 0.3 is 13.8 Å². The van der Waals surface area contributed by atoms with Crippen LogP contribution in [0.25, 0.3) is 0 Å². The molecule has 0 aromatic heterocycles. The average molecular weight is 317 g/mol. The molecule has 2 atom stereocenters. The highest BCUT2D eigenvalue weighted by atomic mass is 31.1. The number of hydrogen-bond donors (Lipinski definition) is 2. The molecule has 1 unspecified atom stereocenters. The summed E-state index contributed by atoms with van der Waals surface area (Å²) in [6, 6.07) is 20.4. The van der Waals surface area contributed by atoms with Crippen LogP contribution in [0.4, 0.5) is 0 Å². The molecule has 0 bridgehead atoms. The maximum absolute atomic E-state index is 11.7. The first-order chi connectivity index (χ1) is 10.6. The van der Waals surface area contributed by atoms with Crippen molar-refractivity contribution in [2.24, 2.45) is 5.92 Å². The first kappa shape index (κ1) is 16.8. The van der Waals surface area contributed by atoms with Crippen molar-refractivity contribution in [1.29, 1.82) is 0 Å². The molecule has 0 spiro atoms. The van der Waals surface area contributed by atoms with Gasteiger partial charge in [0, 0.05) is 11.1 Å². The van der Waals surface area contributed by atoms with E-state index in [9.17, 15) is 9.46 Å². The van der Waals surface area contributed by atoms with E-state index in [1.54, 1.807) is 0 Å². The molecule has 0 heterocycles. The molecule has 0 radical (unpaired) electrons. The van der Waals surface area contributed by atoms with E-state index in [0.717, 1.165) is 17.5 Å². The van der Waals surface area contributed by atoms with Crippen molar-refractivity contribution < 1.29 is 14.8 Å². The second kappa shape index (κ2) is 8.19. The fraction of sp³-hybridized carbons (Fsp3) is 0.333. The number of quaternary nitrogens is 1. The Morgan fingerprint density at radius 2 is 1.41 bits per heavy atom. The van der Waals surface area contributed by atoms with Crippen LogP contribution in [0.3, 0.4) is 0 Å². The second-order valence-electron chi connectivity index (χ2n) is 5.99. The number of hydrogen-bond acceptors (Lipinski definition) is 1. The van der Waals surface area contributed by atoms with Crippen LogP contribution >= 0.6 is 8.03 Å². The lowest BCUT2D eigenvalue weighted by molar-refractivity contribution is -0.702. The molecule has 0 aliphatic rings. The van der Waals surface area contributed by atoms with Crippen LogP contribution in [0.2, 0.25) is 0 Å². The molecule has 0 saturated heterocycles. The Balaban J connectivity index is 2.30. The third-order valence-corrected chi connectivity index (χ3v) is 4.68. The van der Waals surface area contributed by atoms with E-state index < -0.39 is 8.03 Å². The summed E-state index contributed by atoms with van der Waals surface area (Å²) >= 11 is 0. The van der Waals surface area contributed by atoms with Crippen molar-refractivity contribution in [3.8, 4) is 0 Å². The fourth-order valence-corrected chi connectivity index (χ4v) is 3.60. The molecule has 3 N–H and O–H groups in total. The standard InChI is InChI=1S/C18H22NO2P/c1-14(2)13-17(22(20)21)19-18(15-9-5-3-6-10-15)16-11-7-4-8-12-16/h3-12,14,17-19H,13H2,1-2H3/p+2/t17-/m1/s1. The molecule has 0 aliphatic heterocycles. The molecule has 22 heavy (non-hydrogen) atoms. The van der Waals surface area contributed by atoms with Gasteiger partial charge in [-0.2, -0.15) is 4.89 Å². The van der Waals surface area contributed by atoms with Gasteiger partial charge in [0.1, 0.15) is 6.04 Å². The first-order valence-electron chi connectivity index (χ1n) is 7.68. The molecule has 0 fully saturated rings. The van der Waals surface area contributed by atoms with Gasteiger partial charge in [0.2, 0.25) is 0 Å². The van der Waals surface area contributed by atoms with Crippen LogP contribution in [0, 0.1) is 5.92 Å². The Hall–Kier alpha value is -1.54. The number of benzene rings is 2. The van der Waals surface area contributed by atoms with Crippen LogP contribution < -0.4 is 5.32 Å². The Morgan fingerprint density at radius 1 is 0.955 bits per heavy atom. The molecule has 2 aromatic rings. The van der Waals surface area contributed by atoms with E-state index in [2.05, 4.69) is 38.1 Å². The van der Waals surface area contributed by atoms with E-state index in [4.69, 9.17) is 0 Å². The second-order valence-corrected chi connectivity index (χ2v) is 7.26. The Bertz CT molecular complexity index is 547. The predicted octanol–water partition coefficient (Wildman–Crippen LogP) is 3.45. The van der Waals surface area contributed by atoms with Gasteiger partial charge in [0.05, 0.1) is 6.42 Å². The minimum absolute atomic E-state index is 0.0391. The smallest absolute Gasteiger partial charge is 0.291 e. The van der Waals surface area contributed by atoms with E-state index in [1.807, 2.05) is 41.7 Å². The highest BCUT2D eigenvalue weighted by molar-refractivity contribution is 7.38. The third-order valence-electron chi connectivity index (χ3n) is 3.73.